The molecule has 1 N–H and O–H groups in total. The lowest BCUT2D eigenvalue weighted by molar-refractivity contribution is -0.118. The first-order valence-corrected chi connectivity index (χ1v) is 8.50. The first kappa shape index (κ1) is 18.1. The average molecular weight is 339 g/mol. The smallest absolute Gasteiger partial charge is 0.433 e. The molecule has 1 heterocycles. The summed E-state index contributed by atoms with van der Waals surface area (Å²) in [5.74, 6) is -0.173. The van der Waals surface area contributed by atoms with Crippen molar-refractivity contribution in [2.75, 3.05) is 26.3 Å². The third-order valence-corrected chi connectivity index (χ3v) is 4.00. The Morgan fingerprint density at radius 1 is 1.08 bits per heavy atom. The van der Waals surface area contributed by atoms with Crippen LogP contribution in [0.2, 0.25) is 0 Å². The lowest BCUT2D eigenvalue weighted by Crippen LogP contribution is -2.49. The standard InChI is InChI=1S/C16H25N3O5/c1-3-23-15(21)17-19(16(22)24-4-2)14-12(8-7-9-13(14)20)18-10-5-6-11-18/h3-11H2,1-2H3,(H,17,21). The van der Waals surface area contributed by atoms with Crippen molar-refractivity contribution in [3.63, 3.8) is 0 Å². The van der Waals surface area contributed by atoms with Crippen LogP contribution in [0.25, 0.3) is 0 Å². The van der Waals surface area contributed by atoms with Crippen LogP contribution in [0.4, 0.5) is 9.59 Å². The topological polar surface area (TPSA) is 88.2 Å². The quantitative estimate of drug-likeness (QED) is 0.790. The Morgan fingerprint density at radius 2 is 1.75 bits per heavy atom. The van der Waals surface area contributed by atoms with E-state index < -0.39 is 12.2 Å². The number of nitrogens with one attached hydrogen (secondary N) is 1. The Kier molecular flexibility index (Phi) is 6.45. The van der Waals surface area contributed by atoms with Gasteiger partial charge in [-0.2, -0.15) is 5.01 Å². The van der Waals surface area contributed by atoms with E-state index in [4.69, 9.17) is 9.47 Å². The Balaban J connectivity index is 2.35. The normalized spacial score (nSPS) is 17.8. The lowest BCUT2D eigenvalue weighted by atomic mass is 9.98. The molecular formula is C16H25N3O5. The third kappa shape index (κ3) is 4.18. The highest BCUT2D eigenvalue weighted by molar-refractivity contribution is 5.99. The summed E-state index contributed by atoms with van der Waals surface area (Å²) in [6, 6.07) is 0. The number of ether oxygens (including phenoxy) is 2. The minimum atomic E-state index is -0.794. The van der Waals surface area contributed by atoms with Crippen LogP contribution in [0.5, 0.6) is 0 Å². The van der Waals surface area contributed by atoms with Crippen LogP contribution in [-0.2, 0) is 14.3 Å². The zero-order valence-corrected chi connectivity index (χ0v) is 14.3. The molecule has 2 aliphatic rings. The van der Waals surface area contributed by atoms with Gasteiger partial charge in [-0.3, -0.25) is 4.79 Å². The predicted octanol–water partition coefficient (Wildman–Crippen LogP) is 2.17. The molecule has 134 valence electrons. The number of nitrogens with zero attached hydrogens (tertiary/aromatic N) is 2. The zero-order chi connectivity index (χ0) is 17.5. The number of hydrogen-bond donors (Lipinski definition) is 1. The molecule has 2 amide bonds. The van der Waals surface area contributed by atoms with Crippen LogP contribution in [0, 0.1) is 0 Å². The molecule has 0 aromatic rings. The maximum absolute atomic E-state index is 12.5. The molecule has 0 bridgehead atoms. The van der Waals surface area contributed by atoms with E-state index in [0.29, 0.717) is 12.8 Å². The van der Waals surface area contributed by atoms with Crippen molar-refractivity contribution in [2.24, 2.45) is 0 Å². The van der Waals surface area contributed by atoms with Crippen molar-refractivity contribution in [3.05, 3.63) is 11.4 Å². The maximum atomic E-state index is 12.5. The molecule has 0 aromatic heterocycles. The fourth-order valence-corrected chi connectivity index (χ4v) is 3.00. The molecule has 0 aromatic carbocycles. The summed E-state index contributed by atoms with van der Waals surface area (Å²) in [5.41, 5.74) is 3.35. The third-order valence-electron chi connectivity index (χ3n) is 4.00. The number of likely N-dealkylation sites (tertiary alicyclic amines) is 1. The average Bonchev–Trinajstić information content (AvgIpc) is 3.07. The van der Waals surface area contributed by atoms with Gasteiger partial charge in [-0.25, -0.2) is 15.0 Å². The number of carbonyl (C=O) groups excluding carboxylic acids is 3. The molecule has 1 fully saturated rings. The Morgan fingerprint density at radius 3 is 2.38 bits per heavy atom. The summed E-state index contributed by atoms with van der Waals surface area (Å²) < 4.78 is 9.85. The molecule has 8 heteroatoms. The SMILES string of the molecule is CCOC(=O)NN(C(=O)OCC)C1=C(N2CCCC2)CCCC1=O. The van der Waals surface area contributed by atoms with E-state index in [-0.39, 0.29) is 24.7 Å². The van der Waals surface area contributed by atoms with Gasteiger partial charge in [-0.1, -0.05) is 0 Å². The van der Waals surface area contributed by atoms with Gasteiger partial charge in [0, 0.05) is 25.2 Å². The van der Waals surface area contributed by atoms with Crippen molar-refractivity contribution >= 4 is 18.0 Å². The molecule has 0 atom stereocenters. The van der Waals surface area contributed by atoms with Crippen LogP contribution < -0.4 is 5.43 Å². The van der Waals surface area contributed by atoms with E-state index in [0.717, 1.165) is 43.1 Å². The molecule has 8 nitrogen and oxygen atoms in total. The first-order valence-electron chi connectivity index (χ1n) is 8.50. The van der Waals surface area contributed by atoms with Crippen molar-refractivity contribution < 1.29 is 23.9 Å². The van der Waals surface area contributed by atoms with Crippen LogP contribution in [0.1, 0.15) is 46.0 Å². The fraction of sp³-hybridized carbons (Fsp3) is 0.688. The van der Waals surface area contributed by atoms with Gasteiger partial charge in [0.25, 0.3) is 0 Å². The molecule has 2 rings (SSSR count). The Hall–Kier alpha value is -2.25. The van der Waals surface area contributed by atoms with Crippen molar-refractivity contribution in [3.8, 4) is 0 Å². The molecule has 0 radical (unpaired) electrons. The molecule has 1 saturated heterocycles. The van der Waals surface area contributed by atoms with Gasteiger partial charge < -0.3 is 14.4 Å². The molecule has 0 unspecified atom stereocenters. The monoisotopic (exact) mass is 339 g/mol. The molecule has 24 heavy (non-hydrogen) atoms. The minimum absolute atomic E-state index is 0.139. The summed E-state index contributed by atoms with van der Waals surface area (Å²) in [4.78, 5) is 38.8. The summed E-state index contributed by atoms with van der Waals surface area (Å²) in [6.07, 6.45) is 2.30. The van der Waals surface area contributed by atoms with Gasteiger partial charge in [0.05, 0.1) is 13.2 Å². The van der Waals surface area contributed by atoms with Gasteiger partial charge >= 0.3 is 12.2 Å². The van der Waals surface area contributed by atoms with Crippen LogP contribution >= 0.6 is 0 Å². The minimum Gasteiger partial charge on any atom is -0.449 e. The van der Waals surface area contributed by atoms with Crippen molar-refractivity contribution in [1.29, 1.82) is 0 Å². The zero-order valence-electron chi connectivity index (χ0n) is 14.3. The maximum Gasteiger partial charge on any atom is 0.433 e. The van der Waals surface area contributed by atoms with Gasteiger partial charge in [0.1, 0.15) is 5.70 Å². The number of hydrazine groups is 1. The molecule has 0 saturated carbocycles. The highest BCUT2D eigenvalue weighted by Gasteiger charge is 2.34. The number of hydrogen-bond acceptors (Lipinski definition) is 6. The highest BCUT2D eigenvalue weighted by atomic mass is 16.6. The second kappa shape index (κ2) is 8.56. The molecule has 1 aliphatic heterocycles. The number of allylic oxidation sites excluding steroid dienone is 2. The number of Topliss-reactive ketones (excluding diaryl/α,β-unsaturated/α-hetero) is 1. The number of ketones is 1. The number of amides is 2. The van der Waals surface area contributed by atoms with Gasteiger partial charge in [0.15, 0.2) is 5.78 Å². The van der Waals surface area contributed by atoms with Gasteiger partial charge in [-0.15, -0.1) is 0 Å². The van der Waals surface area contributed by atoms with Gasteiger partial charge in [-0.05, 0) is 39.5 Å². The summed E-state index contributed by atoms with van der Waals surface area (Å²) in [7, 11) is 0. The number of carbonyl (C=O) groups is 3. The second-order valence-electron chi connectivity index (χ2n) is 5.63. The van der Waals surface area contributed by atoms with E-state index in [1.807, 2.05) is 0 Å². The van der Waals surface area contributed by atoms with Crippen LogP contribution in [-0.4, -0.2) is 54.2 Å². The summed E-state index contributed by atoms with van der Waals surface area (Å²) in [5, 5.41) is 0.913. The van der Waals surface area contributed by atoms with E-state index in [1.165, 1.54) is 0 Å². The number of rotatable bonds is 4. The van der Waals surface area contributed by atoms with E-state index in [9.17, 15) is 14.4 Å². The van der Waals surface area contributed by atoms with Crippen molar-refractivity contribution in [1.82, 2.24) is 15.3 Å². The summed E-state index contributed by atoms with van der Waals surface area (Å²) >= 11 is 0. The molecule has 1 aliphatic carbocycles. The van der Waals surface area contributed by atoms with E-state index in [2.05, 4.69) is 10.3 Å². The highest BCUT2D eigenvalue weighted by Crippen LogP contribution is 2.29. The van der Waals surface area contributed by atoms with Gasteiger partial charge in [0.2, 0.25) is 0 Å². The molecule has 0 spiro atoms. The summed E-state index contributed by atoms with van der Waals surface area (Å²) in [6.45, 7) is 5.33. The van der Waals surface area contributed by atoms with Crippen LogP contribution in [0.15, 0.2) is 11.4 Å². The molecular weight excluding hydrogens is 314 g/mol. The Bertz CT molecular complexity index is 526. The Labute approximate surface area is 141 Å². The fourth-order valence-electron chi connectivity index (χ4n) is 3.00. The van der Waals surface area contributed by atoms with E-state index >= 15 is 0 Å². The van der Waals surface area contributed by atoms with E-state index in [1.54, 1.807) is 13.8 Å². The lowest BCUT2D eigenvalue weighted by Gasteiger charge is -2.32. The first-order chi connectivity index (χ1) is 11.6. The van der Waals surface area contributed by atoms with Crippen molar-refractivity contribution in [2.45, 2.75) is 46.0 Å². The van der Waals surface area contributed by atoms with Crippen LogP contribution in [0.3, 0.4) is 0 Å². The predicted molar refractivity (Wildman–Crippen MR) is 85.7 cm³/mol. The second-order valence-corrected chi connectivity index (χ2v) is 5.63. The largest absolute Gasteiger partial charge is 0.449 e.